The van der Waals surface area contributed by atoms with Crippen LogP contribution in [0.2, 0.25) is 0 Å². The molecule has 2 atom stereocenters. The molecule has 39 heavy (non-hydrogen) atoms. The quantitative estimate of drug-likeness (QED) is 0.182. The molecule has 2 unspecified atom stereocenters. The summed E-state index contributed by atoms with van der Waals surface area (Å²) in [5, 5.41) is 14.1. The number of fused-ring (bicyclic) bond motifs is 4. The van der Waals surface area contributed by atoms with E-state index < -0.39 is 0 Å². The topological polar surface area (TPSA) is 0 Å². The maximum Gasteiger partial charge on any atom is 4.00 e. The number of halogens is 2. The van der Waals surface area contributed by atoms with Crippen molar-refractivity contribution < 1.29 is 46.5 Å². The van der Waals surface area contributed by atoms with Crippen molar-refractivity contribution in [2.24, 2.45) is 0 Å². The van der Waals surface area contributed by atoms with Crippen molar-refractivity contribution in [2.45, 2.75) is 0 Å². The molecule has 0 saturated heterocycles. The Morgan fingerprint density at radius 2 is 0.769 bits per heavy atom. The Morgan fingerprint density at radius 3 is 1.18 bits per heavy atom. The average Bonchev–Trinajstić information content (AvgIpc) is 3.71. The van der Waals surface area contributed by atoms with Gasteiger partial charge in [-0.2, -0.15) is 12.1 Å². The van der Waals surface area contributed by atoms with Gasteiger partial charge in [0.25, 0.3) is 0 Å². The van der Waals surface area contributed by atoms with Crippen LogP contribution in [-0.4, -0.2) is 0 Å². The minimum Gasteiger partial charge on any atom is -1.00 e. The molecule has 0 spiro atoms. The molecule has 0 amide bonds. The molecule has 188 valence electrons. The zero-order valence-corrected chi connectivity index (χ0v) is 25.9. The van der Waals surface area contributed by atoms with Crippen LogP contribution >= 0.6 is 15.1 Å². The van der Waals surface area contributed by atoms with Crippen LogP contribution in [0.3, 0.4) is 0 Å². The van der Waals surface area contributed by atoms with Crippen LogP contribution in [0.25, 0.3) is 53.2 Å². The summed E-state index contributed by atoms with van der Waals surface area (Å²) in [7, 11) is -0.567. The van der Waals surface area contributed by atoms with E-state index in [-0.39, 0.29) is 61.6 Å². The summed E-state index contributed by atoms with van der Waals surface area (Å²) >= 11 is 0. The summed E-state index contributed by atoms with van der Waals surface area (Å²) in [5.41, 5.74) is 0. The van der Waals surface area contributed by atoms with Crippen molar-refractivity contribution in [3.8, 4) is 10.6 Å². The Hall–Kier alpha value is -2.53. The number of hydrogen-bond acceptors (Lipinski definition) is 0. The summed E-state index contributed by atoms with van der Waals surface area (Å²) in [6, 6.07) is 48.6. The first-order chi connectivity index (χ1) is 17.8. The third kappa shape index (κ3) is 5.70. The number of rotatable bonds is 2. The predicted molar refractivity (Wildman–Crippen MR) is 162 cm³/mol. The molecule has 0 radical (unpaired) electrons. The zero-order chi connectivity index (χ0) is 23.9. The number of hydrogen-bond donors (Lipinski definition) is 0. The molecule has 5 heteroatoms. The van der Waals surface area contributed by atoms with Gasteiger partial charge in [0.15, 0.2) is 0 Å². The number of benzene rings is 4. The van der Waals surface area contributed by atoms with Gasteiger partial charge in [-0.15, -0.1) is 85.1 Å². The molecule has 0 bridgehead atoms. The van der Waals surface area contributed by atoms with Gasteiger partial charge in [0.1, 0.15) is 0 Å². The molecule has 0 nitrogen and oxygen atoms in total. The van der Waals surface area contributed by atoms with E-state index in [2.05, 4.69) is 145 Å². The van der Waals surface area contributed by atoms with Gasteiger partial charge in [0.05, 0.1) is 0 Å². The zero-order valence-electron chi connectivity index (χ0n) is 21.0. The average molecular weight is 613 g/mol. The van der Waals surface area contributed by atoms with Crippen molar-refractivity contribution in [1.82, 2.24) is 0 Å². The maximum absolute atomic E-state index is 2.37. The van der Waals surface area contributed by atoms with Crippen molar-refractivity contribution in [3.63, 3.8) is 0 Å². The minimum absolute atomic E-state index is 0. The first kappa shape index (κ1) is 29.5. The Balaban J connectivity index is 0.000000168. The Labute approximate surface area is 258 Å². The van der Waals surface area contributed by atoms with E-state index in [1.165, 1.54) is 53.2 Å². The fraction of sp³-hybridized carbons (Fsp3) is 0. The predicted octanol–water partition coefficient (Wildman–Crippen LogP) is 5.38. The molecule has 6 aromatic carbocycles. The van der Waals surface area contributed by atoms with Crippen LogP contribution in [0, 0.1) is 0 Å². The summed E-state index contributed by atoms with van der Waals surface area (Å²) in [4.78, 5) is 0. The molecule has 0 saturated carbocycles. The van der Waals surface area contributed by atoms with Crippen LogP contribution in [0.5, 0.6) is 0 Å². The van der Waals surface area contributed by atoms with Gasteiger partial charge in [-0.25, -0.2) is 0 Å². The molecule has 2 heterocycles. The second-order valence-electron chi connectivity index (χ2n) is 9.17. The van der Waals surface area contributed by atoms with E-state index in [4.69, 9.17) is 0 Å². The second-order valence-corrected chi connectivity index (χ2v) is 13.2. The third-order valence-electron chi connectivity index (χ3n) is 6.96. The van der Waals surface area contributed by atoms with Crippen LogP contribution < -0.4 is 24.8 Å². The first-order valence-corrected chi connectivity index (χ1v) is 15.1. The summed E-state index contributed by atoms with van der Waals surface area (Å²) < 4.78 is 0. The van der Waals surface area contributed by atoms with Crippen LogP contribution in [-0.2, 0) is 21.7 Å². The molecular weight excluding hydrogens is 589 g/mol. The van der Waals surface area contributed by atoms with Gasteiger partial charge in [-0.3, -0.25) is 0 Å². The fourth-order valence-corrected chi connectivity index (χ4v) is 9.46. The first-order valence-electron chi connectivity index (χ1n) is 12.3. The molecule has 0 aliphatic heterocycles. The standard InChI is InChI=1S/2C17H12P.2ClH.Ti/c2*1-2-7-15-12-16(11-14(15)6-1)18-10-9-13-5-3-4-8-17(13)18;;;/h2*1-12H;2*1H;/q2*-1;;;+4/p-2. The van der Waals surface area contributed by atoms with Gasteiger partial charge in [-0.1, -0.05) is 71.3 Å². The summed E-state index contributed by atoms with van der Waals surface area (Å²) in [5.74, 6) is 4.74. The van der Waals surface area contributed by atoms with E-state index in [1.807, 2.05) is 0 Å². The normalized spacial score (nSPS) is 11.4. The molecule has 2 aromatic heterocycles. The van der Waals surface area contributed by atoms with Gasteiger partial charge in [0, 0.05) is 10.2 Å². The molecule has 0 aliphatic carbocycles. The summed E-state index contributed by atoms with van der Waals surface area (Å²) in [6.07, 6.45) is 0. The van der Waals surface area contributed by atoms with E-state index in [0.29, 0.717) is 0 Å². The molecule has 0 aliphatic rings. The Bertz CT molecular complexity index is 1760. The molecular formula is C34H24Cl2P2Ti. The molecule has 0 fully saturated rings. The van der Waals surface area contributed by atoms with E-state index >= 15 is 0 Å². The van der Waals surface area contributed by atoms with Crippen molar-refractivity contribution in [2.75, 3.05) is 0 Å². The van der Waals surface area contributed by atoms with Gasteiger partial charge in [0.2, 0.25) is 0 Å². The van der Waals surface area contributed by atoms with E-state index in [0.717, 1.165) is 0 Å². The van der Waals surface area contributed by atoms with E-state index in [1.54, 1.807) is 0 Å². The SMILES string of the molecule is [Cl-].[Cl-].[Ti+4].c1ccc2[cH-]c(-p3ccc4ccccc43)cc2c1.c1ccc2[cH-]c(-p3ccc4ccccc43)cc2c1. The van der Waals surface area contributed by atoms with Crippen molar-refractivity contribution >= 4 is 57.6 Å². The minimum atomic E-state index is -0.283. The fourth-order valence-electron chi connectivity index (χ4n) is 5.16. The molecule has 0 N–H and O–H groups in total. The largest absolute Gasteiger partial charge is 4.00 e. The monoisotopic (exact) mass is 612 g/mol. The van der Waals surface area contributed by atoms with Crippen LogP contribution in [0.4, 0.5) is 0 Å². The molecule has 8 rings (SSSR count). The van der Waals surface area contributed by atoms with Gasteiger partial charge < -0.3 is 24.8 Å². The van der Waals surface area contributed by atoms with Crippen LogP contribution in [0.15, 0.2) is 145 Å². The third-order valence-corrected chi connectivity index (χ3v) is 11.3. The smallest absolute Gasteiger partial charge is 1.00 e. The Kier molecular flexibility index (Phi) is 9.64. The second kappa shape index (κ2) is 12.8. The van der Waals surface area contributed by atoms with E-state index in [9.17, 15) is 0 Å². The van der Waals surface area contributed by atoms with Gasteiger partial charge in [-0.05, 0) is 34.5 Å². The summed E-state index contributed by atoms with van der Waals surface area (Å²) in [6.45, 7) is 0. The van der Waals surface area contributed by atoms with Crippen molar-refractivity contribution in [3.05, 3.63) is 145 Å². The van der Waals surface area contributed by atoms with Crippen LogP contribution in [0.1, 0.15) is 0 Å². The Morgan fingerprint density at radius 1 is 0.410 bits per heavy atom. The van der Waals surface area contributed by atoms with Crippen molar-refractivity contribution in [1.29, 1.82) is 0 Å². The van der Waals surface area contributed by atoms with Gasteiger partial charge >= 0.3 is 21.7 Å². The molecule has 8 aromatic rings. The maximum atomic E-state index is 2.37.